The van der Waals surface area contributed by atoms with Crippen molar-refractivity contribution >= 4 is 42.1 Å². The van der Waals surface area contributed by atoms with Crippen LogP contribution < -0.4 is 11.1 Å². The quantitative estimate of drug-likeness (QED) is 0.652. The maximum absolute atomic E-state index is 12.2. The van der Waals surface area contributed by atoms with Gasteiger partial charge in [0, 0.05) is 23.7 Å². The molecule has 0 fully saturated rings. The largest absolute Gasteiger partial charge is 0.356 e. The summed E-state index contributed by atoms with van der Waals surface area (Å²) in [6.07, 6.45) is 2.97. The van der Waals surface area contributed by atoms with Crippen LogP contribution in [0.3, 0.4) is 0 Å². The summed E-state index contributed by atoms with van der Waals surface area (Å²) in [6, 6.07) is 9.50. The van der Waals surface area contributed by atoms with E-state index in [2.05, 4.69) is 15.7 Å². The van der Waals surface area contributed by atoms with Crippen LogP contribution in [0.1, 0.15) is 42.1 Å². The fourth-order valence-electron chi connectivity index (χ4n) is 2.42. The zero-order valence-corrected chi connectivity index (χ0v) is 17.1. The van der Waals surface area contributed by atoms with Crippen LogP contribution in [0.2, 0.25) is 0 Å². The van der Waals surface area contributed by atoms with Gasteiger partial charge in [0.1, 0.15) is 0 Å². The van der Waals surface area contributed by atoms with Crippen LogP contribution >= 0.6 is 36.2 Å². The van der Waals surface area contributed by atoms with Crippen LogP contribution in [0.5, 0.6) is 0 Å². The van der Waals surface area contributed by atoms with E-state index >= 15 is 0 Å². The topological polar surface area (TPSA) is 68.0 Å². The fourth-order valence-corrected chi connectivity index (χ4v) is 3.24. The van der Waals surface area contributed by atoms with Gasteiger partial charge in [0.15, 0.2) is 0 Å². The zero-order valence-electron chi connectivity index (χ0n) is 14.6. The maximum atomic E-state index is 12.2. The molecule has 7 heteroatoms. The van der Waals surface area contributed by atoms with Gasteiger partial charge in [-0.1, -0.05) is 37.3 Å². The first-order valence-corrected chi connectivity index (χ1v) is 8.95. The molecular formula is C18H27Cl2N3OS. The average molecular weight is 404 g/mol. The molecule has 1 heterocycles. The van der Waals surface area contributed by atoms with Gasteiger partial charge in [0.2, 0.25) is 5.91 Å². The Kier molecular flexibility index (Phi) is 11.7. The maximum Gasteiger partial charge on any atom is 0.224 e. The molecule has 1 aromatic carbocycles. The lowest BCUT2D eigenvalue weighted by molar-refractivity contribution is -0.125. The molecule has 0 saturated heterocycles. The van der Waals surface area contributed by atoms with Gasteiger partial charge in [-0.3, -0.25) is 4.79 Å². The van der Waals surface area contributed by atoms with E-state index < -0.39 is 0 Å². The van der Waals surface area contributed by atoms with Crippen LogP contribution in [0.4, 0.5) is 0 Å². The van der Waals surface area contributed by atoms with Gasteiger partial charge < -0.3 is 11.1 Å². The lowest BCUT2D eigenvalue weighted by Gasteiger charge is -2.19. The number of unbranched alkanes of at least 4 members (excludes halogenated alkanes) is 1. The van der Waals surface area contributed by atoms with Crippen molar-refractivity contribution in [2.75, 3.05) is 6.54 Å². The number of carbonyl (C=O) groups excluding carboxylic acids is 1. The molecule has 0 saturated carbocycles. The molecule has 0 aliphatic heterocycles. The highest BCUT2D eigenvalue weighted by Crippen LogP contribution is 2.19. The molecule has 1 amide bonds. The van der Waals surface area contributed by atoms with E-state index in [0.717, 1.165) is 30.5 Å². The number of nitrogens with one attached hydrogen (secondary N) is 1. The Labute approximate surface area is 166 Å². The Hall–Kier alpha value is -1.14. The molecule has 0 radical (unpaired) electrons. The van der Waals surface area contributed by atoms with E-state index in [9.17, 15) is 4.79 Å². The number of thiazole rings is 1. The number of carbonyl (C=O) groups is 1. The second kappa shape index (κ2) is 12.3. The highest BCUT2D eigenvalue weighted by Gasteiger charge is 2.21. The SMILES string of the molecule is Cc1csc(CCCCNC(=O)C(C)C(N)c2ccccc2)n1.Cl.Cl. The summed E-state index contributed by atoms with van der Waals surface area (Å²) in [6.45, 7) is 4.58. The summed E-state index contributed by atoms with van der Waals surface area (Å²) in [5.74, 6) is -0.217. The van der Waals surface area contributed by atoms with Crippen LogP contribution in [0, 0.1) is 12.8 Å². The lowest BCUT2D eigenvalue weighted by atomic mass is 9.94. The summed E-state index contributed by atoms with van der Waals surface area (Å²) in [7, 11) is 0. The first kappa shape index (κ1) is 23.9. The van der Waals surface area contributed by atoms with Gasteiger partial charge in [0.25, 0.3) is 0 Å². The number of benzene rings is 1. The van der Waals surface area contributed by atoms with Gasteiger partial charge in [0.05, 0.1) is 10.9 Å². The number of hydrogen-bond donors (Lipinski definition) is 2. The number of nitrogens with two attached hydrogens (primary N) is 1. The molecule has 25 heavy (non-hydrogen) atoms. The number of halogens is 2. The Morgan fingerprint density at radius 1 is 1.24 bits per heavy atom. The van der Waals surface area contributed by atoms with Gasteiger partial charge in [-0.25, -0.2) is 4.98 Å². The van der Waals surface area contributed by atoms with Crippen molar-refractivity contribution in [2.24, 2.45) is 11.7 Å². The standard InChI is InChI=1S/C18H25N3OS.2ClH/c1-13-12-23-16(21-13)10-6-7-11-20-18(22)14(2)17(19)15-8-4-3-5-9-15;;/h3-5,8-9,12,14,17H,6-7,10-11,19H2,1-2H3,(H,20,22);2*1H. The summed E-state index contributed by atoms with van der Waals surface area (Å²) < 4.78 is 0. The number of aromatic nitrogens is 1. The third kappa shape index (κ3) is 7.74. The third-order valence-electron chi connectivity index (χ3n) is 3.92. The summed E-state index contributed by atoms with van der Waals surface area (Å²) in [5, 5.41) is 6.24. The minimum absolute atomic E-state index is 0. The van der Waals surface area contributed by atoms with Gasteiger partial charge in [-0.05, 0) is 31.7 Å². The second-order valence-corrected chi connectivity index (χ2v) is 6.80. The zero-order chi connectivity index (χ0) is 16.7. The molecule has 1 aromatic heterocycles. The predicted molar refractivity (Wildman–Crippen MR) is 110 cm³/mol. The molecule has 140 valence electrons. The van der Waals surface area contributed by atoms with Crippen molar-refractivity contribution in [3.63, 3.8) is 0 Å². The molecule has 0 aliphatic carbocycles. The van der Waals surface area contributed by atoms with E-state index in [-0.39, 0.29) is 42.7 Å². The number of aryl methyl sites for hydroxylation is 2. The van der Waals surface area contributed by atoms with Crippen molar-refractivity contribution in [1.82, 2.24) is 10.3 Å². The lowest BCUT2D eigenvalue weighted by Crippen LogP contribution is -2.36. The summed E-state index contributed by atoms with van der Waals surface area (Å²) >= 11 is 1.71. The van der Waals surface area contributed by atoms with Crippen molar-refractivity contribution in [2.45, 2.75) is 39.2 Å². The summed E-state index contributed by atoms with van der Waals surface area (Å²) in [5.41, 5.74) is 8.26. The first-order chi connectivity index (χ1) is 11.1. The Bertz CT molecular complexity index is 622. The number of amides is 1. The molecule has 4 nitrogen and oxygen atoms in total. The van der Waals surface area contributed by atoms with Gasteiger partial charge >= 0.3 is 0 Å². The molecule has 2 unspecified atom stereocenters. The minimum Gasteiger partial charge on any atom is -0.356 e. The van der Waals surface area contributed by atoms with Crippen molar-refractivity contribution in [1.29, 1.82) is 0 Å². The van der Waals surface area contributed by atoms with E-state index in [4.69, 9.17) is 5.73 Å². The Balaban J connectivity index is 0.00000288. The highest BCUT2D eigenvalue weighted by atomic mass is 35.5. The number of hydrogen-bond acceptors (Lipinski definition) is 4. The van der Waals surface area contributed by atoms with Crippen LogP contribution in [0.15, 0.2) is 35.7 Å². The second-order valence-electron chi connectivity index (χ2n) is 5.86. The summed E-state index contributed by atoms with van der Waals surface area (Å²) in [4.78, 5) is 16.6. The molecule has 0 spiro atoms. The van der Waals surface area contributed by atoms with Crippen molar-refractivity contribution < 1.29 is 4.79 Å². The molecule has 2 atom stereocenters. The molecule has 2 aromatic rings. The van der Waals surface area contributed by atoms with Crippen LogP contribution in [0.25, 0.3) is 0 Å². The molecular weight excluding hydrogens is 377 g/mol. The van der Waals surface area contributed by atoms with Crippen molar-refractivity contribution in [3.8, 4) is 0 Å². The van der Waals surface area contributed by atoms with Gasteiger partial charge in [-0.2, -0.15) is 0 Å². The van der Waals surface area contributed by atoms with E-state index in [1.54, 1.807) is 11.3 Å². The van der Waals surface area contributed by atoms with E-state index in [1.165, 1.54) is 5.01 Å². The molecule has 0 aliphatic rings. The Morgan fingerprint density at radius 2 is 1.92 bits per heavy atom. The van der Waals surface area contributed by atoms with Crippen molar-refractivity contribution in [3.05, 3.63) is 52.0 Å². The molecule has 3 N–H and O–H groups in total. The highest BCUT2D eigenvalue weighted by molar-refractivity contribution is 7.09. The molecule has 0 bridgehead atoms. The van der Waals surface area contributed by atoms with Crippen LogP contribution in [-0.2, 0) is 11.2 Å². The normalized spacial score (nSPS) is 12.4. The number of nitrogens with zero attached hydrogens (tertiary/aromatic N) is 1. The number of rotatable bonds is 8. The van der Waals surface area contributed by atoms with E-state index in [1.807, 2.05) is 44.2 Å². The third-order valence-corrected chi connectivity index (χ3v) is 4.95. The Morgan fingerprint density at radius 3 is 2.52 bits per heavy atom. The average Bonchev–Trinajstić information content (AvgIpc) is 2.99. The first-order valence-electron chi connectivity index (χ1n) is 8.07. The monoisotopic (exact) mass is 403 g/mol. The minimum atomic E-state index is -0.269. The predicted octanol–water partition coefficient (Wildman–Crippen LogP) is 4.07. The molecule has 2 rings (SSSR count). The van der Waals surface area contributed by atoms with Gasteiger partial charge in [-0.15, -0.1) is 36.2 Å². The smallest absolute Gasteiger partial charge is 0.224 e. The van der Waals surface area contributed by atoms with E-state index in [0.29, 0.717) is 6.54 Å². The van der Waals surface area contributed by atoms with Crippen LogP contribution in [-0.4, -0.2) is 17.4 Å². The fraction of sp³-hybridized carbons (Fsp3) is 0.444.